The van der Waals surface area contributed by atoms with E-state index < -0.39 is 0 Å². The summed E-state index contributed by atoms with van der Waals surface area (Å²) in [6, 6.07) is 0. The first kappa shape index (κ1) is 12.2. The smallest absolute Gasteiger partial charge is 0.244 e. The molecule has 2 N–H and O–H groups in total. The predicted octanol–water partition coefficient (Wildman–Crippen LogP) is 2.63. The molecule has 0 aromatic carbocycles. The van der Waals surface area contributed by atoms with Gasteiger partial charge in [-0.1, -0.05) is 39.7 Å². The van der Waals surface area contributed by atoms with E-state index in [2.05, 4.69) is 20.4 Å². The minimum Gasteiger partial charge on any atom is -0.366 e. The SMILES string of the molecule is C=C(C(N)=O)C(CCC)CCCC. The van der Waals surface area contributed by atoms with Crippen molar-refractivity contribution < 1.29 is 4.79 Å². The van der Waals surface area contributed by atoms with Crippen LogP contribution in [-0.4, -0.2) is 5.91 Å². The van der Waals surface area contributed by atoms with Gasteiger partial charge in [0, 0.05) is 5.57 Å². The van der Waals surface area contributed by atoms with Gasteiger partial charge in [-0.05, 0) is 18.8 Å². The molecule has 0 aromatic rings. The highest BCUT2D eigenvalue weighted by molar-refractivity contribution is 5.91. The maximum Gasteiger partial charge on any atom is 0.244 e. The average Bonchev–Trinajstić information content (AvgIpc) is 2.11. The normalized spacial score (nSPS) is 12.5. The van der Waals surface area contributed by atoms with Gasteiger partial charge in [0.2, 0.25) is 5.91 Å². The molecule has 2 heteroatoms. The zero-order chi connectivity index (χ0) is 10.3. The van der Waals surface area contributed by atoms with Gasteiger partial charge >= 0.3 is 0 Å². The molecule has 0 aliphatic carbocycles. The molecule has 13 heavy (non-hydrogen) atoms. The number of unbranched alkanes of at least 4 members (excludes halogenated alkanes) is 1. The van der Waals surface area contributed by atoms with Crippen LogP contribution in [0.2, 0.25) is 0 Å². The highest BCUT2D eigenvalue weighted by Gasteiger charge is 2.14. The number of primary amides is 1. The van der Waals surface area contributed by atoms with Crippen molar-refractivity contribution in [1.29, 1.82) is 0 Å². The quantitative estimate of drug-likeness (QED) is 0.606. The van der Waals surface area contributed by atoms with Crippen molar-refractivity contribution in [1.82, 2.24) is 0 Å². The maximum absolute atomic E-state index is 10.9. The Labute approximate surface area is 81.2 Å². The summed E-state index contributed by atoms with van der Waals surface area (Å²) < 4.78 is 0. The molecule has 1 unspecified atom stereocenters. The lowest BCUT2D eigenvalue weighted by Gasteiger charge is -2.15. The first-order chi connectivity index (χ1) is 6.13. The molecule has 2 nitrogen and oxygen atoms in total. The summed E-state index contributed by atoms with van der Waals surface area (Å²) in [6.45, 7) is 8.02. The Morgan fingerprint density at radius 2 is 1.92 bits per heavy atom. The van der Waals surface area contributed by atoms with Crippen LogP contribution in [0.4, 0.5) is 0 Å². The van der Waals surface area contributed by atoms with Gasteiger partial charge in [0.05, 0.1) is 0 Å². The average molecular weight is 183 g/mol. The van der Waals surface area contributed by atoms with Gasteiger partial charge in [-0.25, -0.2) is 0 Å². The van der Waals surface area contributed by atoms with Gasteiger partial charge in [-0.15, -0.1) is 0 Å². The lowest BCUT2D eigenvalue weighted by Crippen LogP contribution is -2.19. The monoisotopic (exact) mass is 183 g/mol. The summed E-state index contributed by atoms with van der Waals surface area (Å²) in [4.78, 5) is 10.9. The van der Waals surface area contributed by atoms with Crippen LogP contribution in [0.25, 0.3) is 0 Å². The van der Waals surface area contributed by atoms with Crippen LogP contribution in [0.5, 0.6) is 0 Å². The summed E-state index contributed by atoms with van der Waals surface area (Å²) in [5, 5.41) is 0. The van der Waals surface area contributed by atoms with Crippen molar-refractivity contribution in [3.8, 4) is 0 Å². The second-order valence-corrected chi connectivity index (χ2v) is 3.52. The van der Waals surface area contributed by atoms with Crippen molar-refractivity contribution >= 4 is 5.91 Å². The predicted molar refractivity (Wildman–Crippen MR) is 56.3 cm³/mol. The van der Waals surface area contributed by atoms with E-state index in [-0.39, 0.29) is 5.91 Å². The van der Waals surface area contributed by atoms with E-state index in [0.717, 1.165) is 32.1 Å². The first-order valence-electron chi connectivity index (χ1n) is 5.12. The zero-order valence-corrected chi connectivity index (χ0v) is 8.81. The molecule has 0 radical (unpaired) electrons. The van der Waals surface area contributed by atoms with Crippen LogP contribution in [0.3, 0.4) is 0 Å². The van der Waals surface area contributed by atoms with Gasteiger partial charge in [-0.2, -0.15) is 0 Å². The Morgan fingerprint density at radius 3 is 2.31 bits per heavy atom. The largest absolute Gasteiger partial charge is 0.366 e. The molecule has 0 saturated heterocycles. The Bertz CT molecular complexity index is 175. The van der Waals surface area contributed by atoms with Crippen molar-refractivity contribution in [2.24, 2.45) is 11.7 Å². The molecule has 0 bridgehead atoms. The number of hydrogen-bond donors (Lipinski definition) is 1. The van der Waals surface area contributed by atoms with Gasteiger partial charge < -0.3 is 5.73 Å². The molecular formula is C11H21NO. The number of rotatable bonds is 7. The number of hydrogen-bond acceptors (Lipinski definition) is 1. The molecule has 0 saturated carbocycles. The number of carbonyl (C=O) groups is 1. The fourth-order valence-corrected chi connectivity index (χ4v) is 1.49. The van der Waals surface area contributed by atoms with Crippen LogP contribution in [0.1, 0.15) is 46.0 Å². The Balaban J connectivity index is 4.06. The lowest BCUT2D eigenvalue weighted by atomic mass is 9.90. The van der Waals surface area contributed by atoms with E-state index in [1.165, 1.54) is 0 Å². The molecular weight excluding hydrogens is 162 g/mol. The molecule has 0 rings (SSSR count). The minimum atomic E-state index is -0.338. The standard InChI is InChI=1S/C11H21NO/c1-4-6-8-10(7-5-2)9(3)11(12)13/h10H,3-8H2,1-2H3,(H2,12,13). The minimum absolute atomic E-state index is 0.308. The molecule has 0 aliphatic heterocycles. The van der Waals surface area contributed by atoms with Crippen LogP contribution in [-0.2, 0) is 4.79 Å². The fourth-order valence-electron chi connectivity index (χ4n) is 1.49. The molecule has 1 amide bonds. The fraction of sp³-hybridized carbons (Fsp3) is 0.727. The third-order valence-corrected chi connectivity index (χ3v) is 2.35. The van der Waals surface area contributed by atoms with Crippen molar-refractivity contribution in [2.75, 3.05) is 0 Å². The molecule has 0 fully saturated rings. The van der Waals surface area contributed by atoms with E-state index in [1.807, 2.05) is 0 Å². The number of nitrogens with two attached hydrogens (primary N) is 1. The van der Waals surface area contributed by atoms with E-state index >= 15 is 0 Å². The van der Waals surface area contributed by atoms with Gasteiger partial charge in [0.25, 0.3) is 0 Å². The van der Waals surface area contributed by atoms with Crippen molar-refractivity contribution in [2.45, 2.75) is 46.0 Å². The van der Waals surface area contributed by atoms with Crippen LogP contribution < -0.4 is 5.73 Å². The maximum atomic E-state index is 10.9. The third-order valence-electron chi connectivity index (χ3n) is 2.35. The van der Waals surface area contributed by atoms with Crippen molar-refractivity contribution in [3.05, 3.63) is 12.2 Å². The Hall–Kier alpha value is -0.790. The van der Waals surface area contributed by atoms with Crippen LogP contribution in [0, 0.1) is 5.92 Å². The van der Waals surface area contributed by atoms with Crippen LogP contribution >= 0.6 is 0 Å². The molecule has 0 aliphatic rings. The Morgan fingerprint density at radius 1 is 1.31 bits per heavy atom. The van der Waals surface area contributed by atoms with E-state index in [4.69, 9.17) is 5.73 Å². The summed E-state index contributed by atoms with van der Waals surface area (Å²) in [5.41, 5.74) is 5.81. The highest BCUT2D eigenvalue weighted by Crippen LogP contribution is 2.21. The van der Waals surface area contributed by atoms with Gasteiger partial charge in [0.15, 0.2) is 0 Å². The number of carbonyl (C=O) groups excluding carboxylic acids is 1. The summed E-state index contributed by atoms with van der Waals surface area (Å²) in [5.74, 6) is -0.0306. The first-order valence-corrected chi connectivity index (χ1v) is 5.12. The topological polar surface area (TPSA) is 43.1 Å². The third kappa shape index (κ3) is 4.71. The second kappa shape index (κ2) is 6.70. The molecule has 1 atom stereocenters. The Kier molecular flexibility index (Phi) is 6.29. The van der Waals surface area contributed by atoms with E-state index in [1.54, 1.807) is 0 Å². The van der Waals surface area contributed by atoms with E-state index in [9.17, 15) is 4.79 Å². The number of amides is 1. The highest BCUT2D eigenvalue weighted by atomic mass is 16.1. The molecule has 0 aromatic heterocycles. The lowest BCUT2D eigenvalue weighted by molar-refractivity contribution is -0.115. The van der Waals surface area contributed by atoms with Gasteiger partial charge in [0.1, 0.15) is 0 Å². The summed E-state index contributed by atoms with van der Waals surface area (Å²) in [7, 11) is 0. The second-order valence-electron chi connectivity index (χ2n) is 3.52. The molecule has 0 spiro atoms. The summed E-state index contributed by atoms with van der Waals surface area (Å²) in [6.07, 6.45) is 5.47. The molecule has 0 heterocycles. The van der Waals surface area contributed by atoms with Crippen molar-refractivity contribution in [3.63, 3.8) is 0 Å². The summed E-state index contributed by atoms with van der Waals surface area (Å²) >= 11 is 0. The van der Waals surface area contributed by atoms with Gasteiger partial charge in [-0.3, -0.25) is 4.79 Å². The molecule has 76 valence electrons. The van der Waals surface area contributed by atoms with E-state index in [0.29, 0.717) is 11.5 Å². The van der Waals surface area contributed by atoms with Crippen LogP contribution in [0.15, 0.2) is 12.2 Å². The zero-order valence-electron chi connectivity index (χ0n) is 8.81.